The first-order chi connectivity index (χ1) is 19.6. The number of amides is 3. The molecule has 3 amide bonds. The molecule has 0 saturated carbocycles. The van der Waals surface area contributed by atoms with Crippen LogP contribution in [0.5, 0.6) is 17.2 Å². The van der Waals surface area contributed by atoms with E-state index in [0.29, 0.717) is 55.3 Å². The van der Waals surface area contributed by atoms with Crippen molar-refractivity contribution in [3.05, 3.63) is 90.2 Å². The highest BCUT2D eigenvalue weighted by Crippen LogP contribution is 2.38. The third kappa shape index (κ3) is 7.17. The number of carbonyl (C=O) groups is 3. The molecule has 0 aliphatic carbocycles. The van der Waals surface area contributed by atoms with Gasteiger partial charge in [-0.05, 0) is 71.4 Å². The van der Waals surface area contributed by atoms with Crippen molar-refractivity contribution in [3.8, 4) is 17.2 Å². The number of anilines is 1. The fraction of sp³-hybridized carbons (Fsp3) is 0.148. The van der Waals surface area contributed by atoms with Gasteiger partial charge in [-0.1, -0.05) is 27.5 Å². The quantitative estimate of drug-likeness (QED) is 0.151. The maximum atomic E-state index is 13.0. The van der Waals surface area contributed by atoms with E-state index in [2.05, 4.69) is 21.2 Å². The third-order valence-corrected chi connectivity index (χ3v) is 7.61. The van der Waals surface area contributed by atoms with Gasteiger partial charge in [0.1, 0.15) is 18.9 Å². The van der Waals surface area contributed by atoms with Gasteiger partial charge in [0.15, 0.2) is 11.5 Å². The molecule has 1 aliphatic heterocycles. The fourth-order valence-corrected chi connectivity index (χ4v) is 5.20. The monoisotopic (exact) mass is 661 g/mol. The van der Waals surface area contributed by atoms with E-state index in [1.807, 2.05) is 0 Å². The molecular weight excluding hydrogens is 642 g/mol. The third-order valence-electron chi connectivity index (χ3n) is 5.72. The van der Waals surface area contributed by atoms with Gasteiger partial charge in [-0.3, -0.25) is 29.4 Å². The second-order valence-electron chi connectivity index (χ2n) is 8.40. The van der Waals surface area contributed by atoms with Crippen molar-refractivity contribution < 1.29 is 33.5 Å². The smallest absolute Gasteiger partial charge is 0.294 e. The van der Waals surface area contributed by atoms with Gasteiger partial charge in [0.05, 0.1) is 29.1 Å². The number of nitro groups is 1. The van der Waals surface area contributed by atoms with Gasteiger partial charge in [0.25, 0.3) is 16.8 Å². The Morgan fingerprint density at radius 1 is 1.07 bits per heavy atom. The maximum Gasteiger partial charge on any atom is 0.294 e. The van der Waals surface area contributed by atoms with E-state index in [1.165, 1.54) is 38.5 Å². The van der Waals surface area contributed by atoms with Crippen molar-refractivity contribution >= 4 is 73.8 Å². The lowest BCUT2D eigenvalue weighted by atomic mass is 10.1. The second kappa shape index (κ2) is 13.1. The second-order valence-corrected chi connectivity index (χ2v) is 10.7. The molecule has 3 aromatic carbocycles. The highest BCUT2D eigenvalue weighted by molar-refractivity contribution is 9.10. The number of nitro benzene ring substituents is 1. The highest BCUT2D eigenvalue weighted by atomic mass is 79.9. The minimum atomic E-state index is -0.618. The molecule has 0 spiro atoms. The van der Waals surface area contributed by atoms with Gasteiger partial charge in [-0.2, -0.15) is 0 Å². The number of halogens is 2. The molecule has 11 nitrogen and oxygen atoms in total. The first kappa shape index (κ1) is 29.9. The van der Waals surface area contributed by atoms with Crippen LogP contribution < -0.4 is 19.5 Å². The number of hydrogen-bond donors (Lipinski definition) is 1. The first-order valence-electron chi connectivity index (χ1n) is 11.7. The number of nitrogens with zero attached hydrogens (tertiary/aromatic N) is 2. The molecule has 212 valence electrons. The van der Waals surface area contributed by atoms with E-state index >= 15 is 0 Å². The number of ether oxygens (including phenoxy) is 3. The molecule has 0 bridgehead atoms. The molecule has 4 rings (SSSR count). The number of methoxy groups -OCH3 is 2. The zero-order valence-corrected chi connectivity index (χ0v) is 24.7. The van der Waals surface area contributed by atoms with Crippen LogP contribution in [0, 0.1) is 10.1 Å². The highest BCUT2D eigenvalue weighted by Gasteiger charge is 2.36. The lowest BCUT2D eigenvalue weighted by Crippen LogP contribution is -2.36. The molecule has 1 fully saturated rings. The van der Waals surface area contributed by atoms with Crippen LogP contribution in [-0.4, -0.2) is 47.6 Å². The van der Waals surface area contributed by atoms with E-state index in [0.717, 1.165) is 4.90 Å². The van der Waals surface area contributed by atoms with Crippen molar-refractivity contribution in [3.63, 3.8) is 0 Å². The molecule has 1 heterocycles. The molecule has 41 heavy (non-hydrogen) atoms. The largest absolute Gasteiger partial charge is 0.495 e. The number of imide groups is 1. The molecular formula is C27H21BrClN3O8S. The standard InChI is InChI=1S/C27H21BrClN3O8S/c1-38-21-8-5-17(11-20(21)29)30-25(33)13-31-26(34)24(41-27(31)35)10-16-9-22(39-2)23(12-19(16)28)40-14-15-3-6-18(7-4-15)32(36)37/h3-12H,13-14H2,1-2H3,(H,30,33)/b24-10+. The Balaban J connectivity index is 1.44. The van der Waals surface area contributed by atoms with Gasteiger partial charge >= 0.3 is 0 Å². The minimum Gasteiger partial charge on any atom is -0.495 e. The van der Waals surface area contributed by atoms with Gasteiger partial charge < -0.3 is 19.5 Å². The van der Waals surface area contributed by atoms with Gasteiger partial charge in [-0.25, -0.2) is 0 Å². The minimum absolute atomic E-state index is 0.0226. The summed E-state index contributed by atoms with van der Waals surface area (Å²) in [4.78, 5) is 49.4. The van der Waals surface area contributed by atoms with Crippen LogP contribution in [0.4, 0.5) is 16.2 Å². The molecule has 1 saturated heterocycles. The van der Waals surface area contributed by atoms with E-state index in [9.17, 15) is 24.5 Å². The Morgan fingerprint density at radius 3 is 2.41 bits per heavy atom. The lowest BCUT2D eigenvalue weighted by Gasteiger charge is -2.14. The van der Waals surface area contributed by atoms with Crippen molar-refractivity contribution in [2.45, 2.75) is 6.61 Å². The van der Waals surface area contributed by atoms with E-state index in [4.69, 9.17) is 25.8 Å². The molecule has 14 heteroatoms. The molecule has 3 aromatic rings. The Labute approximate surface area is 251 Å². The summed E-state index contributed by atoms with van der Waals surface area (Å²) in [5.41, 5.74) is 1.61. The number of non-ortho nitro benzene ring substituents is 1. The Hall–Kier alpha value is -4.07. The summed E-state index contributed by atoms with van der Waals surface area (Å²) in [5.74, 6) is -0.0107. The summed E-state index contributed by atoms with van der Waals surface area (Å²) in [6, 6.07) is 13.9. The summed E-state index contributed by atoms with van der Waals surface area (Å²) in [5, 5.41) is 13.2. The summed E-state index contributed by atoms with van der Waals surface area (Å²) < 4.78 is 16.9. The van der Waals surface area contributed by atoms with E-state index in [-0.39, 0.29) is 17.2 Å². The van der Waals surface area contributed by atoms with Crippen LogP contribution in [-0.2, 0) is 16.2 Å². The normalized spacial score (nSPS) is 13.9. The molecule has 0 aromatic heterocycles. The Kier molecular flexibility index (Phi) is 9.53. The zero-order chi connectivity index (χ0) is 29.7. The summed E-state index contributed by atoms with van der Waals surface area (Å²) in [7, 11) is 2.92. The number of thioether (sulfide) groups is 1. The van der Waals surface area contributed by atoms with E-state index < -0.39 is 28.5 Å². The summed E-state index contributed by atoms with van der Waals surface area (Å²) >= 11 is 10.2. The van der Waals surface area contributed by atoms with Gasteiger partial charge in [-0.15, -0.1) is 0 Å². The number of carbonyl (C=O) groups excluding carboxylic acids is 3. The van der Waals surface area contributed by atoms with Crippen LogP contribution in [0.25, 0.3) is 6.08 Å². The van der Waals surface area contributed by atoms with Crippen LogP contribution in [0.1, 0.15) is 11.1 Å². The zero-order valence-electron chi connectivity index (χ0n) is 21.5. The fourth-order valence-electron chi connectivity index (χ4n) is 3.67. The molecule has 0 radical (unpaired) electrons. The van der Waals surface area contributed by atoms with Crippen LogP contribution >= 0.6 is 39.3 Å². The SMILES string of the molecule is COc1ccc(NC(=O)CN2C(=O)S/C(=C/c3cc(OC)c(OCc4ccc([N+](=O)[O-])cc4)cc3Br)C2=O)cc1Cl. The Morgan fingerprint density at radius 2 is 1.78 bits per heavy atom. The van der Waals surface area contributed by atoms with Crippen LogP contribution in [0.3, 0.4) is 0 Å². The predicted molar refractivity (Wildman–Crippen MR) is 157 cm³/mol. The molecule has 0 unspecified atom stereocenters. The number of benzene rings is 3. The number of hydrogen-bond acceptors (Lipinski definition) is 9. The molecule has 0 atom stereocenters. The predicted octanol–water partition coefficient (Wildman–Crippen LogP) is 6.28. The van der Waals surface area contributed by atoms with E-state index in [1.54, 1.807) is 36.4 Å². The Bertz CT molecular complexity index is 1560. The number of nitrogens with one attached hydrogen (secondary N) is 1. The summed E-state index contributed by atoms with van der Waals surface area (Å²) in [6.45, 7) is -0.352. The van der Waals surface area contributed by atoms with Gasteiger partial charge in [0, 0.05) is 22.3 Å². The van der Waals surface area contributed by atoms with Crippen molar-refractivity contribution in [1.29, 1.82) is 0 Å². The van der Waals surface area contributed by atoms with Crippen LogP contribution in [0.15, 0.2) is 64.0 Å². The average Bonchev–Trinajstić information content (AvgIpc) is 3.20. The lowest BCUT2D eigenvalue weighted by molar-refractivity contribution is -0.384. The topological polar surface area (TPSA) is 137 Å². The van der Waals surface area contributed by atoms with Gasteiger partial charge in [0.2, 0.25) is 5.91 Å². The molecule has 1 aliphatic rings. The number of rotatable bonds is 10. The first-order valence-corrected chi connectivity index (χ1v) is 13.7. The van der Waals surface area contributed by atoms with Crippen molar-refractivity contribution in [2.24, 2.45) is 0 Å². The maximum absolute atomic E-state index is 13.0. The van der Waals surface area contributed by atoms with Crippen molar-refractivity contribution in [1.82, 2.24) is 4.90 Å². The average molecular weight is 663 g/mol. The molecule has 1 N–H and O–H groups in total. The van der Waals surface area contributed by atoms with Crippen molar-refractivity contribution in [2.75, 3.05) is 26.1 Å². The summed E-state index contributed by atoms with van der Waals surface area (Å²) in [6.07, 6.45) is 1.51. The van der Waals surface area contributed by atoms with Crippen LogP contribution in [0.2, 0.25) is 5.02 Å².